The van der Waals surface area contributed by atoms with Crippen LogP contribution < -0.4 is 5.32 Å². The van der Waals surface area contributed by atoms with Gasteiger partial charge in [0.1, 0.15) is 0 Å². The van der Waals surface area contributed by atoms with Crippen molar-refractivity contribution in [3.8, 4) is 0 Å². The molecule has 1 fully saturated rings. The highest BCUT2D eigenvalue weighted by molar-refractivity contribution is 7.80. The Morgan fingerprint density at radius 1 is 1.32 bits per heavy atom. The van der Waals surface area contributed by atoms with Gasteiger partial charge in [0, 0.05) is 24.8 Å². The van der Waals surface area contributed by atoms with Crippen LogP contribution >= 0.6 is 12.6 Å². The molecule has 1 aliphatic rings. The molecule has 2 rings (SSSR count). The van der Waals surface area contributed by atoms with Gasteiger partial charge in [-0.25, -0.2) is 0 Å². The minimum absolute atomic E-state index is 0.0481. The summed E-state index contributed by atoms with van der Waals surface area (Å²) in [6, 6.07) is 10.6. The minimum atomic E-state index is 0.0481. The summed E-state index contributed by atoms with van der Waals surface area (Å²) in [5, 5.41) is 3.01. The van der Waals surface area contributed by atoms with Crippen LogP contribution in [0, 0.1) is 0 Å². The third-order valence-electron chi connectivity index (χ3n) is 4.08. The van der Waals surface area contributed by atoms with Crippen molar-refractivity contribution < 1.29 is 4.79 Å². The van der Waals surface area contributed by atoms with Crippen LogP contribution in [0.25, 0.3) is 0 Å². The van der Waals surface area contributed by atoms with Crippen LogP contribution in [0.4, 0.5) is 0 Å². The fraction of sp³-hybridized carbons (Fsp3) is 0.533. The number of hydrogen-bond acceptors (Lipinski definition) is 3. The van der Waals surface area contributed by atoms with Gasteiger partial charge in [0.25, 0.3) is 0 Å². The number of amides is 1. The normalized spacial score (nSPS) is 19.1. The van der Waals surface area contributed by atoms with Crippen molar-refractivity contribution in [3.05, 3.63) is 35.9 Å². The van der Waals surface area contributed by atoms with E-state index in [1.54, 1.807) is 6.92 Å². The van der Waals surface area contributed by atoms with Gasteiger partial charge in [-0.1, -0.05) is 30.3 Å². The molecule has 0 spiro atoms. The number of nitrogens with one attached hydrogen (secondary N) is 1. The smallest absolute Gasteiger partial charge is 0.216 e. The van der Waals surface area contributed by atoms with E-state index in [0.29, 0.717) is 0 Å². The molecule has 0 saturated carbocycles. The summed E-state index contributed by atoms with van der Waals surface area (Å²) in [4.78, 5) is 13.6. The molecule has 1 heterocycles. The van der Waals surface area contributed by atoms with Gasteiger partial charge >= 0.3 is 0 Å². The minimum Gasteiger partial charge on any atom is -0.355 e. The van der Waals surface area contributed by atoms with Gasteiger partial charge in [0.15, 0.2) is 0 Å². The van der Waals surface area contributed by atoms with E-state index >= 15 is 0 Å². The van der Waals surface area contributed by atoms with Gasteiger partial charge in [0.05, 0.1) is 0 Å². The standard InChI is InChI=1S/C15H22N2OS/c1-13(18)16-11-15(14-5-3-2-4-6-14)7-9-17(12-19)10-8-15/h2-6,19H,7-12H2,1H3,(H,16,18). The van der Waals surface area contributed by atoms with Crippen LogP contribution in [0.5, 0.6) is 0 Å². The maximum absolute atomic E-state index is 11.2. The highest BCUT2D eigenvalue weighted by Gasteiger charge is 2.35. The number of thiol groups is 1. The molecular weight excluding hydrogens is 256 g/mol. The van der Waals surface area contributed by atoms with E-state index in [4.69, 9.17) is 0 Å². The summed E-state index contributed by atoms with van der Waals surface area (Å²) in [5.74, 6) is 0.859. The second kappa shape index (κ2) is 6.44. The molecule has 1 aromatic rings. The number of carbonyl (C=O) groups is 1. The molecule has 0 unspecified atom stereocenters. The maximum Gasteiger partial charge on any atom is 0.216 e. The summed E-state index contributed by atoms with van der Waals surface area (Å²) >= 11 is 4.35. The van der Waals surface area contributed by atoms with Crippen LogP contribution in [0.1, 0.15) is 25.3 Å². The number of carbonyl (C=O) groups excluding carboxylic acids is 1. The Hall–Kier alpha value is -1.00. The van der Waals surface area contributed by atoms with Crippen molar-refractivity contribution in [1.82, 2.24) is 10.2 Å². The van der Waals surface area contributed by atoms with Crippen molar-refractivity contribution >= 4 is 18.5 Å². The molecule has 0 radical (unpaired) electrons. The summed E-state index contributed by atoms with van der Waals surface area (Å²) in [6.45, 7) is 4.39. The first kappa shape index (κ1) is 14.4. The molecule has 1 saturated heterocycles. The second-order valence-electron chi connectivity index (χ2n) is 5.32. The van der Waals surface area contributed by atoms with E-state index in [2.05, 4.69) is 47.1 Å². The molecule has 3 nitrogen and oxygen atoms in total. The Labute approximate surface area is 120 Å². The quantitative estimate of drug-likeness (QED) is 0.826. The lowest BCUT2D eigenvalue weighted by atomic mass is 9.72. The zero-order chi connectivity index (χ0) is 13.7. The lowest BCUT2D eigenvalue weighted by Crippen LogP contribution is -2.48. The lowest BCUT2D eigenvalue weighted by Gasteiger charge is -2.42. The zero-order valence-electron chi connectivity index (χ0n) is 11.4. The highest BCUT2D eigenvalue weighted by Crippen LogP contribution is 2.35. The molecule has 1 aromatic carbocycles. The van der Waals surface area contributed by atoms with E-state index in [-0.39, 0.29) is 11.3 Å². The summed E-state index contributed by atoms with van der Waals surface area (Å²) in [7, 11) is 0. The Bertz CT molecular complexity index is 413. The Morgan fingerprint density at radius 3 is 2.47 bits per heavy atom. The number of benzene rings is 1. The fourth-order valence-corrected chi connectivity index (χ4v) is 3.06. The van der Waals surface area contributed by atoms with E-state index in [9.17, 15) is 4.79 Å². The van der Waals surface area contributed by atoms with Gasteiger partial charge in [-0.3, -0.25) is 9.69 Å². The number of likely N-dealkylation sites (tertiary alicyclic amines) is 1. The van der Waals surface area contributed by atoms with Gasteiger partial charge in [0.2, 0.25) is 5.91 Å². The molecule has 4 heteroatoms. The topological polar surface area (TPSA) is 32.3 Å². The van der Waals surface area contributed by atoms with Crippen molar-refractivity contribution in [2.24, 2.45) is 0 Å². The predicted octanol–water partition coefficient (Wildman–Crippen LogP) is 2.04. The van der Waals surface area contributed by atoms with Gasteiger partial charge in [-0.2, -0.15) is 12.6 Å². The van der Waals surface area contributed by atoms with E-state index < -0.39 is 0 Å². The van der Waals surface area contributed by atoms with Gasteiger partial charge < -0.3 is 5.32 Å². The molecule has 0 bridgehead atoms. The summed E-state index contributed by atoms with van der Waals surface area (Å²) in [6.07, 6.45) is 2.13. The van der Waals surface area contributed by atoms with Crippen LogP contribution in [-0.2, 0) is 10.2 Å². The van der Waals surface area contributed by atoms with Crippen LogP contribution in [-0.4, -0.2) is 36.3 Å². The highest BCUT2D eigenvalue weighted by atomic mass is 32.1. The Balaban J connectivity index is 2.17. The Morgan fingerprint density at radius 2 is 1.95 bits per heavy atom. The monoisotopic (exact) mass is 278 g/mol. The molecule has 1 amide bonds. The van der Waals surface area contributed by atoms with Crippen LogP contribution in [0.3, 0.4) is 0 Å². The molecule has 0 atom stereocenters. The van der Waals surface area contributed by atoms with Crippen molar-refractivity contribution in [2.45, 2.75) is 25.2 Å². The van der Waals surface area contributed by atoms with Crippen LogP contribution in [0.2, 0.25) is 0 Å². The van der Waals surface area contributed by atoms with E-state index in [0.717, 1.165) is 38.4 Å². The molecule has 104 valence electrons. The second-order valence-corrected chi connectivity index (χ2v) is 5.60. The average Bonchev–Trinajstić information content (AvgIpc) is 2.46. The molecular formula is C15H22N2OS. The third kappa shape index (κ3) is 3.51. The molecule has 19 heavy (non-hydrogen) atoms. The summed E-state index contributed by atoms with van der Waals surface area (Å²) < 4.78 is 0. The largest absolute Gasteiger partial charge is 0.355 e. The average molecular weight is 278 g/mol. The SMILES string of the molecule is CC(=O)NCC1(c2ccccc2)CCN(CS)CC1. The first-order valence-electron chi connectivity index (χ1n) is 6.79. The molecule has 0 aromatic heterocycles. The fourth-order valence-electron chi connectivity index (χ4n) is 2.78. The predicted molar refractivity (Wildman–Crippen MR) is 81.5 cm³/mol. The van der Waals surface area contributed by atoms with Gasteiger partial charge in [-0.05, 0) is 31.5 Å². The number of rotatable bonds is 4. The summed E-state index contributed by atoms with van der Waals surface area (Å²) in [5.41, 5.74) is 1.41. The van der Waals surface area contributed by atoms with Crippen LogP contribution in [0.15, 0.2) is 30.3 Å². The maximum atomic E-state index is 11.2. The van der Waals surface area contributed by atoms with E-state index in [1.807, 2.05) is 6.07 Å². The zero-order valence-corrected chi connectivity index (χ0v) is 12.3. The van der Waals surface area contributed by atoms with Crippen molar-refractivity contribution in [3.63, 3.8) is 0 Å². The molecule has 1 N–H and O–H groups in total. The van der Waals surface area contributed by atoms with Crippen molar-refractivity contribution in [1.29, 1.82) is 0 Å². The first-order chi connectivity index (χ1) is 9.16. The number of piperidine rings is 1. The third-order valence-corrected chi connectivity index (χ3v) is 4.48. The lowest BCUT2D eigenvalue weighted by molar-refractivity contribution is -0.119. The molecule has 0 aliphatic carbocycles. The molecule has 1 aliphatic heterocycles. The number of hydrogen-bond donors (Lipinski definition) is 2. The van der Waals surface area contributed by atoms with Crippen molar-refractivity contribution in [2.75, 3.05) is 25.5 Å². The number of nitrogens with zero attached hydrogens (tertiary/aromatic N) is 1. The van der Waals surface area contributed by atoms with E-state index in [1.165, 1.54) is 5.56 Å². The first-order valence-corrected chi connectivity index (χ1v) is 7.43. The van der Waals surface area contributed by atoms with Gasteiger partial charge in [-0.15, -0.1) is 0 Å². The Kier molecular flexibility index (Phi) is 4.88.